The van der Waals surface area contributed by atoms with Gasteiger partial charge in [0.05, 0.1) is 5.25 Å². The Bertz CT molecular complexity index is 943. The van der Waals surface area contributed by atoms with Crippen LogP contribution in [0.25, 0.3) is 11.5 Å². The van der Waals surface area contributed by atoms with E-state index in [1.165, 1.54) is 29.5 Å². The quantitative estimate of drug-likeness (QED) is 0.330. The van der Waals surface area contributed by atoms with Crippen molar-refractivity contribution in [1.29, 1.82) is 0 Å². The summed E-state index contributed by atoms with van der Waals surface area (Å²) in [6.07, 6.45) is 2.04. The number of thioether (sulfide) groups is 1. The predicted octanol–water partition coefficient (Wildman–Crippen LogP) is 5.65. The van der Waals surface area contributed by atoms with E-state index in [1.54, 1.807) is 19.1 Å². The smallest absolute Gasteiger partial charge is 0.387 e. The van der Waals surface area contributed by atoms with E-state index < -0.39 is 11.9 Å². The van der Waals surface area contributed by atoms with Crippen molar-refractivity contribution in [2.45, 2.75) is 43.8 Å². The van der Waals surface area contributed by atoms with Gasteiger partial charge in [0.2, 0.25) is 5.89 Å². The van der Waals surface area contributed by atoms with Gasteiger partial charge in [-0.2, -0.15) is 8.78 Å². The van der Waals surface area contributed by atoms with Crippen molar-refractivity contribution in [2.75, 3.05) is 0 Å². The molecule has 0 spiro atoms. The van der Waals surface area contributed by atoms with Crippen LogP contribution in [0.3, 0.4) is 0 Å². The molecular weight excluding hydrogens is 398 g/mol. The minimum atomic E-state index is -2.88. The topological polar surface area (TPSA) is 65.2 Å². The van der Waals surface area contributed by atoms with Gasteiger partial charge in [-0.1, -0.05) is 49.4 Å². The summed E-state index contributed by atoms with van der Waals surface area (Å²) in [4.78, 5) is 12.6. The van der Waals surface area contributed by atoms with E-state index >= 15 is 0 Å². The third kappa shape index (κ3) is 5.63. The number of aryl methyl sites for hydroxylation is 1. The zero-order valence-electron chi connectivity index (χ0n) is 16.0. The normalized spacial score (nSPS) is 12.2. The maximum atomic E-state index is 12.6. The van der Waals surface area contributed by atoms with E-state index in [0.717, 1.165) is 12.8 Å². The molecule has 0 unspecified atom stereocenters. The number of ketones is 1. The molecule has 2 aromatic carbocycles. The standard InChI is InChI=1S/C21H20F2N2O3S/c1-3-4-14-5-7-15(8-6-14)18(26)13(2)29-21-25-24-19(28-21)16-9-11-17(12-10-16)27-20(22)23/h5-13,20H,3-4H2,1-2H3/t13-/m1/s1. The number of hydrogen-bond acceptors (Lipinski definition) is 6. The maximum absolute atomic E-state index is 12.6. The summed E-state index contributed by atoms with van der Waals surface area (Å²) in [6, 6.07) is 13.5. The lowest BCUT2D eigenvalue weighted by Crippen LogP contribution is -2.13. The summed E-state index contributed by atoms with van der Waals surface area (Å²) in [7, 11) is 0. The van der Waals surface area contributed by atoms with E-state index in [1.807, 2.05) is 24.3 Å². The number of rotatable bonds is 9. The highest BCUT2D eigenvalue weighted by Crippen LogP contribution is 2.29. The van der Waals surface area contributed by atoms with Crippen LogP contribution >= 0.6 is 11.8 Å². The number of halogens is 2. The largest absolute Gasteiger partial charge is 0.435 e. The van der Waals surface area contributed by atoms with Crippen molar-refractivity contribution in [2.24, 2.45) is 0 Å². The molecule has 0 aliphatic rings. The maximum Gasteiger partial charge on any atom is 0.387 e. The van der Waals surface area contributed by atoms with Crippen LogP contribution in [-0.4, -0.2) is 27.8 Å². The van der Waals surface area contributed by atoms with Gasteiger partial charge in [-0.25, -0.2) is 0 Å². The molecule has 8 heteroatoms. The first-order valence-corrected chi connectivity index (χ1v) is 10.0. The molecule has 3 aromatic rings. The number of carbonyl (C=O) groups excluding carboxylic acids is 1. The number of alkyl halides is 2. The van der Waals surface area contributed by atoms with E-state index in [9.17, 15) is 13.6 Å². The molecule has 0 amide bonds. The van der Waals surface area contributed by atoms with Crippen molar-refractivity contribution in [3.8, 4) is 17.2 Å². The van der Waals surface area contributed by atoms with Gasteiger partial charge in [-0.05, 0) is 43.2 Å². The lowest BCUT2D eigenvalue weighted by Gasteiger charge is -2.08. The highest BCUT2D eigenvalue weighted by Gasteiger charge is 2.20. The second-order valence-corrected chi connectivity index (χ2v) is 7.64. The molecule has 1 aromatic heterocycles. The molecular formula is C21H20F2N2O3S. The zero-order chi connectivity index (χ0) is 20.8. The SMILES string of the molecule is CCCc1ccc(C(=O)[C@@H](C)Sc2nnc(-c3ccc(OC(F)F)cc3)o2)cc1. The monoisotopic (exact) mass is 418 g/mol. The van der Waals surface area contributed by atoms with Gasteiger partial charge in [-0.3, -0.25) is 4.79 Å². The number of nitrogens with zero attached hydrogens (tertiary/aromatic N) is 2. The summed E-state index contributed by atoms with van der Waals surface area (Å²) in [5.74, 6) is 0.257. The van der Waals surface area contributed by atoms with Gasteiger partial charge in [0.25, 0.3) is 5.22 Å². The van der Waals surface area contributed by atoms with Crippen molar-refractivity contribution in [3.63, 3.8) is 0 Å². The fourth-order valence-electron chi connectivity index (χ4n) is 2.72. The van der Waals surface area contributed by atoms with E-state index in [-0.39, 0.29) is 22.6 Å². The average Bonchev–Trinajstić information content (AvgIpc) is 3.17. The molecule has 1 heterocycles. The Morgan fingerprint density at radius 3 is 2.41 bits per heavy atom. The Hall–Kier alpha value is -2.74. The Morgan fingerprint density at radius 1 is 1.10 bits per heavy atom. The van der Waals surface area contributed by atoms with E-state index in [4.69, 9.17) is 4.42 Å². The van der Waals surface area contributed by atoms with E-state index in [2.05, 4.69) is 21.9 Å². The molecule has 0 saturated heterocycles. The van der Waals surface area contributed by atoms with Gasteiger partial charge in [-0.15, -0.1) is 10.2 Å². The molecule has 152 valence electrons. The number of benzene rings is 2. The zero-order valence-corrected chi connectivity index (χ0v) is 16.8. The summed E-state index contributed by atoms with van der Waals surface area (Å²) in [6.45, 7) is 1.02. The fourth-order valence-corrected chi connectivity index (χ4v) is 3.48. The van der Waals surface area contributed by atoms with Crippen LogP contribution in [0.5, 0.6) is 5.75 Å². The average molecular weight is 418 g/mol. The molecule has 0 bridgehead atoms. The molecule has 5 nitrogen and oxygen atoms in total. The first kappa shape index (κ1) is 21.0. The van der Waals surface area contributed by atoms with Gasteiger partial charge in [0.15, 0.2) is 5.78 Å². The van der Waals surface area contributed by atoms with Crippen molar-refractivity contribution in [3.05, 3.63) is 59.7 Å². The third-order valence-electron chi connectivity index (χ3n) is 4.16. The summed E-state index contributed by atoms with van der Waals surface area (Å²) >= 11 is 1.17. The predicted molar refractivity (Wildman–Crippen MR) is 106 cm³/mol. The Morgan fingerprint density at radius 2 is 1.79 bits per heavy atom. The van der Waals surface area contributed by atoms with Gasteiger partial charge >= 0.3 is 6.61 Å². The summed E-state index contributed by atoms with van der Waals surface area (Å²) in [5.41, 5.74) is 2.41. The summed E-state index contributed by atoms with van der Waals surface area (Å²) in [5, 5.41) is 7.78. The van der Waals surface area contributed by atoms with Crippen molar-refractivity contribution in [1.82, 2.24) is 10.2 Å². The number of aromatic nitrogens is 2. The van der Waals surface area contributed by atoms with Crippen LogP contribution in [0.1, 0.15) is 36.2 Å². The molecule has 0 N–H and O–H groups in total. The molecule has 3 rings (SSSR count). The number of Topliss-reactive ketones (excluding diaryl/α,β-unsaturated/α-hetero) is 1. The first-order chi connectivity index (χ1) is 14.0. The Kier molecular flexibility index (Phi) is 6.98. The van der Waals surface area contributed by atoms with Crippen LogP contribution in [-0.2, 0) is 6.42 Å². The third-order valence-corrected chi connectivity index (χ3v) is 5.09. The lowest BCUT2D eigenvalue weighted by molar-refractivity contribution is -0.0498. The highest BCUT2D eigenvalue weighted by molar-refractivity contribution is 8.00. The molecule has 0 aliphatic carbocycles. The minimum absolute atomic E-state index is 0.0219. The second kappa shape index (κ2) is 9.65. The van der Waals surface area contributed by atoms with Gasteiger partial charge in [0, 0.05) is 11.1 Å². The molecule has 0 aliphatic heterocycles. The minimum Gasteiger partial charge on any atom is -0.435 e. The molecule has 29 heavy (non-hydrogen) atoms. The highest BCUT2D eigenvalue weighted by atomic mass is 32.2. The van der Waals surface area contributed by atoms with Crippen LogP contribution in [0, 0.1) is 0 Å². The molecule has 0 fully saturated rings. The first-order valence-electron chi connectivity index (χ1n) is 9.15. The van der Waals surface area contributed by atoms with Crippen LogP contribution in [0.4, 0.5) is 8.78 Å². The van der Waals surface area contributed by atoms with Crippen molar-refractivity contribution < 1.29 is 22.7 Å². The molecule has 0 radical (unpaired) electrons. The fraction of sp³-hybridized carbons (Fsp3) is 0.286. The second-order valence-electron chi connectivity index (χ2n) is 6.35. The number of ether oxygens (including phenoxy) is 1. The van der Waals surface area contributed by atoms with Crippen LogP contribution in [0.15, 0.2) is 58.2 Å². The van der Waals surface area contributed by atoms with Crippen LogP contribution in [0.2, 0.25) is 0 Å². The Balaban J connectivity index is 1.63. The Labute approximate surface area is 171 Å². The molecule has 0 saturated carbocycles. The number of hydrogen-bond donors (Lipinski definition) is 0. The van der Waals surface area contributed by atoms with Gasteiger partial charge in [0.1, 0.15) is 5.75 Å². The van der Waals surface area contributed by atoms with Gasteiger partial charge < -0.3 is 9.15 Å². The van der Waals surface area contributed by atoms with Crippen LogP contribution < -0.4 is 4.74 Å². The lowest BCUT2D eigenvalue weighted by atomic mass is 10.0. The number of carbonyl (C=O) groups is 1. The molecule has 1 atom stereocenters. The van der Waals surface area contributed by atoms with E-state index in [0.29, 0.717) is 11.1 Å². The van der Waals surface area contributed by atoms with Crippen molar-refractivity contribution >= 4 is 17.5 Å². The summed E-state index contributed by atoms with van der Waals surface area (Å²) < 4.78 is 34.3.